The van der Waals surface area contributed by atoms with Crippen LogP contribution in [-0.2, 0) is 14.8 Å². The molecule has 0 unspecified atom stereocenters. The molecule has 1 aliphatic rings. The number of ether oxygens (including phenoxy) is 1. The molecule has 2 rings (SSSR count). The van der Waals surface area contributed by atoms with Crippen LogP contribution in [0, 0.1) is 0 Å². The number of nitrogens with one attached hydrogen (secondary N) is 1. The van der Waals surface area contributed by atoms with Crippen LogP contribution in [0.25, 0.3) is 0 Å². The Morgan fingerprint density at radius 1 is 1.35 bits per heavy atom. The van der Waals surface area contributed by atoms with E-state index in [2.05, 4.69) is 4.72 Å². The molecule has 0 radical (unpaired) electrons. The molecule has 1 heterocycles. The molecular formula is C13H21N3O3S. The summed E-state index contributed by atoms with van der Waals surface area (Å²) in [6.07, 6.45) is 1.78. The highest BCUT2D eigenvalue weighted by molar-refractivity contribution is 7.89. The van der Waals surface area contributed by atoms with Crippen LogP contribution in [0.1, 0.15) is 12.8 Å². The van der Waals surface area contributed by atoms with Crippen LogP contribution >= 0.6 is 0 Å². The van der Waals surface area contributed by atoms with Crippen LogP contribution in [0.15, 0.2) is 23.1 Å². The average Bonchev–Trinajstić information content (AvgIpc) is 2.47. The molecule has 20 heavy (non-hydrogen) atoms. The number of hydrogen-bond acceptors (Lipinski definition) is 5. The van der Waals surface area contributed by atoms with Crippen molar-refractivity contribution in [3.8, 4) is 0 Å². The van der Waals surface area contributed by atoms with Crippen molar-refractivity contribution in [2.45, 2.75) is 23.8 Å². The first-order valence-electron chi connectivity index (χ1n) is 6.59. The second-order valence-corrected chi connectivity index (χ2v) is 6.74. The lowest BCUT2D eigenvalue weighted by Crippen LogP contribution is -2.37. The largest absolute Gasteiger partial charge is 0.399 e. The number of nitrogens with two attached hydrogens (primary N) is 1. The summed E-state index contributed by atoms with van der Waals surface area (Å²) in [6.45, 7) is 1.41. The third-order valence-electron chi connectivity index (χ3n) is 3.66. The summed E-state index contributed by atoms with van der Waals surface area (Å²) in [5, 5.41) is 0. The molecule has 7 heteroatoms. The highest BCUT2D eigenvalue weighted by Crippen LogP contribution is 2.29. The number of sulfonamides is 1. The quantitative estimate of drug-likeness (QED) is 0.803. The molecule has 1 fully saturated rings. The van der Waals surface area contributed by atoms with Crippen LogP contribution in [0.4, 0.5) is 11.4 Å². The monoisotopic (exact) mass is 299 g/mol. The van der Waals surface area contributed by atoms with Gasteiger partial charge in [0, 0.05) is 32.0 Å². The second kappa shape index (κ2) is 5.99. The Bertz CT molecular complexity index is 568. The molecule has 0 aromatic heterocycles. The van der Waals surface area contributed by atoms with E-state index in [1.807, 2.05) is 11.9 Å². The molecule has 112 valence electrons. The molecule has 0 amide bonds. The van der Waals surface area contributed by atoms with Crippen molar-refractivity contribution < 1.29 is 13.2 Å². The van der Waals surface area contributed by atoms with E-state index in [1.54, 1.807) is 12.1 Å². The molecular weight excluding hydrogens is 278 g/mol. The van der Waals surface area contributed by atoms with Crippen LogP contribution in [0.3, 0.4) is 0 Å². The summed E-state index contributed by atoms with van der Waals surface area (Å²) in [6, 6.07) is 5.25. The molecule has 1 aromatic rings. The summed E-state index contributed by atoms with van der Waals surface area (Å²) in [5.41, 5.74) is 6.83. The fourth-order valence-electron chi connectivity index (χ4n) is 2.42. The van der Waals surface area contributed by atoms with Gasteiger partial charge in [0.2, 0.25) is 10.0 Å². The molecule has 0 saturated carbocycles. The van der Waals surface area contributed by atoms with E-state index in [9.17, 15) is 8.42 Å². The summed E-state index contributed by atoms with van der Waals surface area (Å²) >= 11 is 0. The predicted molar refractivity (Wildman–Crippen MR) is 79.3 cm³/mol. The third kappa shape index (κ3) is 3.05. The molecule has 1 aliphatic heterocycles. The minimum Gasteiger partial charge on any atom is -0.399 e. The zero-order valence-corrected chi connectivity index (χ0v) is 12.6. The van der Waals surface area contributed by atoms with Crippen LogP contribution in [-0.4, -0.2) is 41.8 Å². The van der Waals surface area contributed by atoms with Gasteiger partial charge >= 0.3 is 0 Å². The number of hydrogen-bond donors (Lipinski definition) is 2. The van der Waals surface area contributed by atoms with E-state index < -0.39 is 10.0 Å². The molecule has 6 nitrogen and oxygen atoms in total. The maximum atomic E-state index is 12.1. The fourth-order valence-corrected chi connectivity index (χ4v) is 3.41. The van der Waals surface area contributed by atoms with Gasteiger partial charge in [-0.1, -0.05) is 0 Å². The van der Waals surface area contributed by atoms with Gasteiger partial charge < -0.3 is 15.4 Å². The molecule has 0 spiro atoms. The number of nitrogens with zero attached hydrogens (tertiary/aromatic N) is 1. The predicted octanol–water partition coefficient (Wildman–Crippen LogP) is 0.792. The Morgan fingerprint density at radius 3 is 2.60 bits per heavy atom. The summed E-state index contributed by atoms with van der Waals surface area (Å²) in [4.78, 5) is 2.22. The van der Waals surface area contributed by atoms with Gasteiger partial charge in [-0.25, -0.2) is 13.1 Å². The molecule has 1 aromatic carbocycles. The van der Waals surface area contributed by atoms with Crippen LogP contribution in [0.5, 0.6) is 0 Å². The van der Waals surface area contributed by atoms with Gasteiger partial charge in [-0.05, 0) is 38.1 Å². The highest BCUT2D eigenvalue weighted by atomic mass is 32.2. The van der Waals surface area contributed by atoms with Crippen molar-refractivity contribution in [2.24, 2.45) is 0 Å². The Hall–Kier alpha value is -1.31. The normalized spacial score (nSPS) is 17.1. The van der Waals surface area contributed by atoms with Crippen LogP contribution in [0.2, 0.25) is 0 Å². The Morgan fingerprint density at radius 2 is 2.00 bits per heavy atom. The Labute approximate surface area is 120 Å². The van der Waals surface area contributed by atoms with E-state index in [0.29, 0.717) is 24.6 Å². The minimum atomic E-state index is -3.54. The van der Waals surface area contributed by atoms with Crippen molar-refractivity contribution in [1.82, 2.24) is 4.72 Å². The van der Waals surface area contributed by atoms with Crippen LogP contribution < -0.4 is 15.4 Å². The topological polar surface area (TPSA) is 84.7 Å². The lowest BCUT2D eigenvalue weighted by molar-refractivity contribution is 0.0854. The van der Waals surface area contributed by atoms with Gasteiger partial charge in [0.25, 0.3) is 0 Å². The molecule has 0 atom stereocenters. The van der Waals surface area contributed by atoms with E-state index >= 15 is 0 Å². The first kappa shape index (κ1) is 15.1. The zero-order chi connectivity index (χ0) is 14.8. The number of nitrogen functional groups attached to an aromatic ring is 1. The smallest absolute Gasteiger partial charge is 0.242 e. The Kier molecular flexibility index (Phi) is 4.52. The maximum absolute atomic E-state index is 12.1. The zero-order valence-electron chi connectivity index (χ0n) is 11.8. The van der Waals surface area contributed by atoms with Gasteiger partial charge in [-0.15, -0.1) is 0 Å². The van der Waals surface area contributed by atoms with E-state index in [-0.39, 0.29) is 10.9 Å². The van der Waals surface area contributed by atoms with Crippen molar-refractivity contribution in [1.29, 1.82) is 0 Å². The van der Waals surface area contributed by atoms with Gasteiger partial charge in [0.1, 0.15) is 4.90 Å². The molecule has 0 bridgehead atoms. The van der Waals surface area contributed by atoms with Crippen molar-refractivity contribution in [3.05, 3.63) is 18.2 Å². The van der Waals surface area contributed by atoms with Gasteiger partial charge in [0.15, 0.2) is 0 Å². The van der Waals surface area contributed by atoms with Gasteiger partial charge in [-0.3, -0.25) is 0 Å². The first-order chi connectivity index (χ1) is 9.45. The molecule has 1 saturated heterocycles. The Balaban J connectivity index is 2.40. The number of benzene rings is 1. The number of rotatable bonds is 4. The maximum Gasteiger partial charge on any atom is 0.242 e. The highest BCUT2D eigenvalue weighted by Gasteiger charge is 2.25. The lowest BCUT2D eigenvalue weighted by Gasteiger charge is -2.34. The van der Waals surface area contributed by atoms with Crippen molar-refractivity contribution in [2.75, 3.05) is 37.9 Å². The van der Waals surface area contributed by atoms with Crippen molar-refractivity contribution in [3.63, 3.8) is 0 Å². The third-order valence-corrected chi connectivity index (χ3v) is 5.10. The fraction of sp³-hybridized carbons (Fsp3) is 0.538. The summed E-state index contributed by atoms with van der Waals surface area (Å²) in [7, 11) is -0.226. The number of anilines is 2. The SMILES string of the molecule is CNS(=O)(=O)c1cc(N)ccc1N(C)C1CCOCC1. The second-order valence-electron chi connectivity index (χ2n) is 4.89. The van der Waals surface area contributed by atoms with Gasteiger partial charge in [0.05, 0.1) is 5.69 Å². The summed E-state index contributed by atoms with van der Waals surface area (Å²) < 4.78 is 32.0. The minimum absolute atomic E-state index is 0.217. The molecule has 3 N–H and O–H groups in total. The average molecular weight is 299 g/mol. The van der Waals surface area contributed by atoms with Gasteiger partial charge in [-0.2, -0.15) is 0 Å². The standard InChI is InChI=1S/C13H21N3O3S/c1-15-20(17,18)13-9-10(14)3-4-12(13)16(2)11-5-7-19-8-6-11/h3-4,9,11,15H,5-8,14H2,1-2H3. The van der Waals surface area contributed by atoms with E-state index in [4.69, 9.17) is 10.5 Å². The summed E-state index contributed by atoms with van der Waals surface area (Å²) in [5.74, 6) is 0. The van der Waals surface area contributed by atoms with Crippen molar-refractivity contribution >= 4 is 21.4 Å². The molecule has 0 aliphatic carbocycles. The first-order valence-corrected chi connectivity index (χ1v) is 8.07. The van der Waals surface area contributed by atoms with E-state index in [1.165, 1.54) is 13.1 Å². The lowest BCUT2D eigenvalue weighted by atomic mass is 10.1. The van der Waals surface area contributed by atoms with E-state index in [0.717, 1.165) is 12.8 Å².